The van der Waals surface area contributed by atoms with Gasteiger partial charge in [0.25, 0.3) is 5.69 Å². The monoisotopic (exact) mass is 342 g/mol. The Balaban J connectivity index is 2.38. The summed E-state index contributed by atoms with van der Waals surface area (Å²) in [6.07, 6.45) is 0. The van der Waals surface area contributed by atoms with Gasteiger partial charge in [-0.15, -0.1) is 0 Å². The lowest BCUT2D eigenvalue weighted by Gasteiger charge is -2.10. The number of carbonyl (C=O) groups excluding carboxylic acids is 1. The Hall–Kier alpha value is -3.75. The molecule has 9 heteroatoms. The summed E-state index contributed by atoms with van der Waals surface area (Å²) in [5.41, 5.74) is 5.19. The fourth-order valence-corrected chi connectivity index (χ4v) is 1.87. The largest absolute Gasteiger partial charge is 0.478 e. The van der Waals surface area contributed by atoms with E-state index in [4.69, 9.17) is 0 Å². The van der Waals surface area contributed by atoms with Crippen molar-refractivity contribution in [3.8, 4) is 0 Å². The molecule has 0 aliphatic carbocycles. The maximum absolute atomic E-state index is 11.8. The van der Waals surface area contributed by atoms with Crippen LogP contribution < -0.4 is 10.9 Å². The molecule has 128 valence electrons. The summed E-state index contributed by atoms with van der Waals surface area (Å²) >= 11 is 0. The number of nitro benzene ring substituents is 1. The molecular formula is C16H14N4O5. The normalized spacial score (nSPS) is 10.8. The number of aromatic carboxylic acids is 1. The Kier molecular flexibility index (Phi) is 5.41. The molecule has 0 spiro atoms. The molecule has 2 aromatic carbocycles. The predicted molar refractivity (Wildman–Crippen MR) is 91.0 cm³/mol. The van der Waals surface area contributed by atoms with Crippen LogP contribution in [0.15, 0.2) is 53.5 Å². The van der Waals surface area contributed by atoms with Crippen LogP contribution in [0, 0.1) is 10.1 Å². The number of carboxylic acid groups (broad SMARTS) is 1. The highest BCUT2D eigenvalue weighted by Gasteiger charge is 2.17. The number of non-ortho nitro benzene ring substituents is 1. The van der Waals surface area contributed by atoms with E-state index in [1.165, 1.54) is 6.92 Å². The first kappa shape index (κ1) is 17.6. The van der Waals surface area contributed by atoms with Crippen LogP contribution in [0.1, 0.15) is 17.3 Å². The molecule has 0 bridgehead atoms. The quantitative estimate of drug-likeness (QED) is 0.318. The van der Waals surface area contributed by atoms with Crippen molar-refractivity contribution in [1.82, 2.24) is 5.43 Å². The summed E-state index contributed by atoms with van der Waals surface area (Å²) < 4.78 is 0. The summed E-state index contributed by atoms with van der Waals surface area (Å²) in [4.78, 5) is 37.2. The molecule has 25 heavy (non-hydrogen) atoms. The Morgan fingerprint density at radius 2 is 1.84 bits per heavy atom. The number of ketones is 1. The van der Waals surface area contributed by atoms with Gasteiger partial charge in [0.2, 0.25) is 0 Å². The predicted octanol–water partition coefficient (Wildman–Crippen LogP) is 2.53. The topological polar surface area (TPSA) is 134 Å². The van der Waals surface area contributed by atoms with E-state index in [1.807, 2.05) is 6.07 Å². The van der Waals surface area contributed by atoms with E-state index < -0.39 is 16.7 Å². The lowest BCUT2D eigenvalue weighted by Crippen LogP contribution is -2.34. The molecule has 0 unspecified atom stereocenters. The zero-order valence-electron chi connectivity index (χ0n) is 13.1. The summed E-state index contributed by atoms with van der Waals surface area (Å²) in [5.74, 6) is -1.98. The van der Waals surface area contributed by atoms with E-state index in [-0.39, 0.29) is 22.8 Å². The van der Waals surface area contributed by atoms with Crippen molar-refractivity contribution >= 4 is 34.7 Å². The Labute approximate surface area is 142 Å². The molecule has 0 fully saturated rings. The summed E-state index contributed by atoms with van der Waals surface area (Å²) in [6.45, 7) is 1.23. The SMILES string of the molecule is CC(=O)C(=Nc1cc([N+](=O)[O-])ccc1C(=O)O)NNc1ccccc1. The zero-order valence-corrected chi connectivity index (χ0v) is 13.1. The van der Waals surface area contributed by atoms with E-state index in [9.17, 15) is 24.8 Å². The van der Waals surface area contributed by atoms with Crippen molar-refractivity contribution < 1.29 is 19.6 Å². The standard InChI is InChI=1S/C16H14N4O5/c1-10(21)15(19-18-11-5-3-2-4-6-11)17-14-9-12(20(24)25)7-8-13(14)16(22)23/h2-9,18H,1H3,(H,17,19)(H,22,23). The molecule has 0 radical (unpaired) electrons. The van der Waals surface area contributed by atoms with Gasteiger partial charge in [0, 0.05) is 19.1 Å². The first-order chi connectivity index (χ1) is 11.9. The minimum absolute atomic E-state index is 0.188. The van der Waals surface area contributed by atoms with Crippen LogP contribution in [-0.2, 0) is 4.79 Å². The van der Waals surface area contributed by atoms with Gasteiger partial charge in [0.15, 0.2) is 11.6 Å². The number of aliphatic imine (C=N–C) groups is 1. The molecule has 0 aliphatic heterocycles. The number of benzene rings is 2. The number of hydrogen-bond acceptors (Lipinski definition) is 6. The fourth-order valence-electron chi connectivity index (χ4n) is 1.87. The Bertz CT molecular complexity index is 849. The number of rotatable bonds is 6. The van der Waals surface area contributed by atoms with Gasteiger partial charge in [-0.05, 0) is 18.2 Å². The first-order valence-corrected chi connectivity index (χ1v) is 7.07. The average Bonchev–Trinajstić information content (AvgIpc) is 2.58. The molecule has 9 nitrogen and oxygen atoms in total. The number of nitrogens with zero attached hydrogens (tertiary/aromatic N) is 2. The molecule has 0 aromatic heterocycles. The number of hydrazine groups is 1. The second-order valence-electron chi connectivity index (χ2n) is 4.90. The number of Topliss-reactive ketones (excluding diaryl/α,β-unsaturated/α-hetero) is 1. The van der Waals surface area contributed by atoms with Crippen LogP contribution >= 0.6 is 0 Å². The molecule has 0 aliphatic rings. The van der Waals surface area contributed by atoms with Crippen LogP contribution in [0.4, 0.5) is 17.1 Å². The molecule has 0 saturated carbocycles. The summed E-state index contributed by atoms with van der Waals surface area (Å²) in [7, 11) is 0. The maximum Gasteiger partial charge on any atom is 0.337 e. The molecule has 0 amide bonds. The highest BCUT2D eigenvalue weighted by Crippen LogP contribution is 2.25. The van der Waals surface area contributed by atoms with Gasteiger partial charge in [0.1, 0.15) is 0 Å². The van der Waals surface area contributed by atoms with Crippen molar-refractivity contribution in [2.45, 2.75) is 6.92 Å². The third-order valence-electron chi connectivity index (χ3n) is 3.09. The third kappa shape index (κ3) is 4.61. The van der Waals surface area contributed by atoms with Crippen molar-refractivity contribution in [2.75, 3.05) is 5.43 Å². The van der Waals surface area contributed by atoms with E-state index in [1.54, 1.807) is 24.3 Å². The molecule has 0 atom stereocenters. The highest BCUT2D eigenvalue weighted by atomic mass is 16.6. The molecule has 3 N–H and O–H groups in total. The van der Waals surface area contributed by atoms with E-state index >= 15 is 0 Å². The van der Waals surface area contributed by atoms with E-state index in [0.29, 0.717) is 5.69 Å². The van der Waals surface area contributed by atoms with Gasteiger partial charge < -0.3 is 5.11 Å². The van der Waals surface area contributed by atoms with Gasteiger partial charge >= 0.3 is 5.97 Å². The molecule has 0 heterocycles. The van der Waals surface area contributed by atoms with E-state index in [0.717, 1.165) is 18.2 Å². The molecule has 2 rings (SSSR count). The number of nitro groups is 1. The highest BCUT2D eigenvalue weighted by molar-refractivity contribution is 6.38. The Morgan fingerprint density at radius 3 is 2.40 bits per heavy atom. The smallest absolute Gasteiger partial charge is 0.337 e. The second-order valence-corrected chi connectivity index (χ2v) is 4.90. The minimum atomic E-state index is -1.31. The lowest BCUT2D eigenvalue weighted by atomic mass is 10.1. The number of carbonyl (C=O) groups is 2. The lowest BCUT2D eigenvalue weighted by molar-refractivity contribution is -0.384. The zero-order chi connectivity index (χ0) is 18.4. The van der Waals surface area contributed by atoms with E-state index in [2.05, 4.69) is 15.8 Å². The number of carboxylic acids is 1. The van der Waals surface area contributed by atoms with Gasteiger partial charge in [0.05, 0.1) is 21.9 Å². The number of para-hydroxylation sites is 1. The third-order valence-corrected chi connectivity index (χ3v) is 3.09. The van der Waals surface area contributed by atoms with Crippen LogP contribution in [0.3, 0.4) is 0 Å². The van der Waals surface area contributed by atoms with Crippen LogP contribution in [0.5, 0.6) is 0 Å². The van der Waals surface area contributed by atoms with Crippen molar-refractivity contribution in [2.24, 2.45) is 4.99 Å². The molecular weight excluding hydrogens is 328 g/mol. The maximum atomic E-state index is 11.8. The molecule has 2 aromatic rings. The minimum Gasteiger partial charge on any atom is -0.478 e. The number of hydrogen-bond donors (Lipinski definition) is 3. The summed E-state index contributed by atoms with van der Waals surface area (Å²) in [6, 6.07) is 12.0. The number of amidine groups is 1. The van der Waals surface area contributed by atoms with Crippen LogP contribution in [0.25, 0.3) is 0 Å². The number of nitrogens with one attached hydrogen (secondary N) is 2. The van der Waals surface area contributed by atoms with Crippen molar-refractivity contribution in [3.63, 3.8) is 0 Å². The van der Waals surface area contributed by atoms with Gasteiger partial charge in [-0.2, -0.15) is 0 Å². The summed E-state index contributed by atoms with van der Waals surface area (Å²) in [5, 5.41) is 20.1. The van der Waals surface area contributed by atoms with Gasteiger partial charge in [-0.1, -0.05) is 18.2 Å². The number of anilines is 1. The van der Waals surface area contributed by atoms with Crippen molar-refractivity contribution in [3.05, 3.63) is 64.2 Å². The Morgan fingerprint density at radius 1 is 1.16 bits per heavy atom. The van der Waals surface area contributed by atoms with Gasteiger partial charge in [-0.25, -0.2) is 9.79 Å². The van der Waals surface area contributed by atoms with Crippen LogP contribution in [0.2, 0.25) is 0 Å². The molecule has 0 saturated heterocycles. The fraction of sp³-hybridized carbons (Fsp3) is 0.0625. The average molecular weight is 342 g/mol. The van der Waals surface area contributed by atoms with Crippen molar-refractivity contribution in [1.29, 1.82) is 0 Å². The first-order valence-electron chi connectivity index (χ1n) is 7.07. The van der Waals surface area contributed by atoms with Crippen LogP contribution in [-0.4, -0.2) is 27.6 Å². The second kappa shape index (κ2) is 7.68. The van der Waals surface area contributed by atoms with Gasteiger partial charge in [-0.3, -0.25) is 25.8 Å².